The Morgan fingerprint density at radius 3 is 2.85 bits per heavy atom. The van der Waals surface area contributed by atoms with Crippen molar-refractivity contribution in [3.63, 3.8) is 0 Å². The van der Waals surface area contributed by atoms with Crippen LogP contribution >= 0.6 is 0 Å². The van der Waals surface area contributed by atoms with E-state index >= 15 is 0 Å². The molecular weight excluding hydrogens is 332 g/mol. The summed E-state index contributed by atoms with van der Waals surface area (Å²) >= 11 is 0. The maximum Gasteiger partial charge on any atom is 0.307 e. The van der Waals surface area contributed by atoms with Gasteiger partial charge in [0.05, 0.1) is 19.2 Å². The van der Waals surface area contributed by atoms with E-state index in [1.165, 1.54) is 0 Å². The highest BCUT2D eigenvalue weighted by atomic mass is 16.5. The highest BCUT2D eigenvalue weighted by molar-refractivity contribution is 5.70. The van der Waals surface area contributed by atoms with Gasteiger partial charge in [-0.1, -0.05) is 12.1 Å². The fourth-order valence-corrected chi connectivity index (χ4v) is 2.66. The first-order chi connectivity index (χ1) is 12.6. The van der Waals surface area contributed by atoms with Gasteiger partial charge in [-0.15, -0.1) is 0 Å². The number of hydrogen-bond donors (Lipinski definition) is 4. The zero-order valence-corrected chi connectivity index (χ0v) is 15.0. The zero-order valence-electron chi connectivity index (χ0n) is 15.0. The summed E-state index contributed by atoms with van der Waals surface area (Å²) in [5.74, 6) is 0.462. The summed E-state index contributed by atoms with van der Waals surface area (Å²) in [5, 5.41) is 15.6. The molecule has 0 bridgehead atoms. The molecule has 0 fully saturated rings. The number of nitrogen functional groups attached to an aromatic ring is 1. The van der Waals surface area contributed by atoms with Crippen molar-refractivity contribution in [1.29, 1.82) is 0 Å². The smallest absolute Gasteiger partial charge is 0.307 e. The molecule has 7 nitrogen and oxygen atoms in total. The Morgan fingerprint density at radius 2 is 2.12 bits per heavy atom. The number of hydrogen-bond acceptors (Lipinski definition) is 6. The molecule has 0 atom stereocenters. The number of benzene rings is 1. The molecule has 5 N–H and O–H groups in total. The third-order valence-electron chi connectivity index (χ3n) is 3.96. The Morgan fingerprint density at radius 1 is 1.27 bits per heavy atom. The number of anilines is 2. The lowest BCUT2D eigenvalue weighted by Crippen LogP contribution is -2.21. The monoisotopic (exact) mass is 358 g/mol. The molecule has 1 heterocycles. The van der Waals surface area contributed by atoms with Gasteiger partial charge < -0.3 is 26.2 Å². The summed E-state index contributed by atoms with van der Waals surface area (Å²) in [4.78, 5) is 14.9. The summed E-state index contributed by atoms with van der Waals surface area (Å²) in [5.41, 5.74) is 8.43. The summed E-state index contributed by atoms with van der Waals surface area (Å²) in [6.45, 7) is 2.46. The quantitative estimate of drug-likeness (QED) is 0.454. The lowest BCUT2D eigenvalue weighted by molar-refractivity contribution is -0.136. The number of methoxy groups -OCH3 is 1. The molecule has 0 radical (unpaired) electrons. The lowest BCUT2D eigenvalue weighted by Gasteiger charge is -2.11. The molecule has 26 heavy (non-hydrogen) atoms. The van der Waals surface area contributed by atoms with E-state index in [1.807, 2.05) is 24.3 Å². The third kappa shape index (κ3) is 6.25. The van der Waals surface area contributed by atoms with Gasteiger partial charge in [0.15, 0.2) is 0 Å². The molecule has 0 aliphatic rings. The Hall–Kier alpha value is -2.80. The predicted octanol–water partition coefficient (Wildman–Crippen LogP) is 1.93. The predicted molar refractivity (Wildman–Crippen MR) is 103 cm³/mol. The summed E-state index contributed by atoms with van der Waals surface area (Å²) in [7, 11) is 1.62. The number of nitrogens with two attached hydrogens (primary N) is 1. The molecule has 1 aromatic carbocycles. The molecule has 1 aromatic heterocycles. The van der Waals surface area contributed by atoms with Gasteiger partial charge in [-0.05, 0) is 55.3 Å². The van der Waals surface area contributed by atoms with Crippen LogP contribution in [0.25, 0.3) is 0 Å². The topological polar surface area (TPSA) is 110 Å². The van der Waals surface area contributed by atoms with Gasteiger partial charge >= 0.3 is 5.97 Å². The number of carboxylic acids is 1. The first kappa shape index (κ1) is 19.5. The van der Waals surface area contributed by atoms with Gasteiger partial charge in [-0.25, -0.2) is 4.98 Å². The van der Waals surface area contributed by atoms with Crippen LogP contribution in [-0.2, 0) is 17.6 Å². The van der Waals surface area contributed by atoms with Crippen molar-refractivity contribution >= 4 is 17.5 Å². The van der Waals surface area contributed by atoms with Crippen LogP contribution < -0.4 is 21.1 Å². The minimum absolute atomic E-state index is 0.0214. The number of nitrogens with one attached hydrogen (secondary N) is 2. The summed E-state index contributed by atoms with van der Waals surface area (Å²) in [6, 6.07) is 9.28. The Bertz CT molecular complexity index is 722. The molecule has 0 saturated heterocycles. The van der Waals surface area contributed by atoms with Crippen LogP contribution in [0.3, 0.4) is 0 Å². The van der Waals surface area contributed by atoms with Crippen molar-refractivity contribution in [2.45, 2.75) is 19.3 Å². The van der Waals surface area contributed by atoms with Crippen LogP contribution in [0.15, 0.2) is 36.5 Å². The number of rotatable bonds is 11. The molecule has 140 valence electrons. The van der Waals surface area contributed by atoms with E-state index in [0.29, 0.717) is 5.82 Å². The molecule has 0 saturated carbocycles. The standard InChI is InChI=1S/C19H26N4O3/c1-26-17-6-5-14(13-18(24)25)12-15(17)7-11-21-8-3-10-22-16-4-2-9-23-19(16)20/h2,4-6,9,12,21-22H,3,7-8,10-11,13H2,1H3,(H2,20,23)(H,24,25). The maximum atomic E-state index is 10.9. The number of aromatic nitrogens is 1. The molecule has 7 heteroatoms. The van der Waals surface area contributed by atoms with Crippen LogP contribution in [0.4, 0.5) is 11.5 Å². The third-order valence-corrected chi connectivity index (χ3v) is 3.96. The van der Waals surface area contributed by atoms with Crippen LogP contribution in [-0.4, -0.2) is 42.8 Å². The minimum atomic E-state index is -0.832. The molecule has 0 amide bonds. The van der Waals surface area contributed by atoms with Crippen molar-refractivity contribution in [2.75, 3.05) is 37.8 Å². The normalized spacial score (nSPS) is 10.5. The molecular formula is C19H26N4O3. The van der Waals surface area contributed by atoms with Gasteiger partial charge in [0, 0.05) is 12.7 Å². The average Bonchev–Trinajstić information content (AvgIpc) is 2.62. The second kappa shape index (κ2) is 10.2. The van der Waals surface area contributed by atoms with E-state index in [9.17, 15) is 4.79 Å². The van der Waals surface area contributed by atoms with Crippen molar-refractivity contribution in [2.24, 2.45) is 0 Å². The Balaban J connectivity index is 1.70. The summed E-state index contributed by atoms with van der Waals surface area (Å²) in [6.07, 6.45) is 3.42. The van der Waals surface area contributed by atoms with Crippen molar-refractivity contribution in [3.05, 3.63) is 47.7 Å². The SMILES string of the molecule is COc1ccc(CC(=O)O)cc1CCNCCCNc1cccnc1N. The maximum absolute atomic E-state index is 10.9. The van der Waals surface area contributed by atoms with E-state index in [0.717, 1.165) is 55.0 Å². The van der Waals surface area contributed by atoms with Crippen LogP contribution in [0.1, 0.15) is 17.5 Å². The van der Waals surface area contributed by atoms with Crippen molar-refractivity contribution < 1.29 is 14.6 Å². The van der Waals surface area contributed by atoms with Crippen molar-refractivity contribution in [3.8, 4) is 5.75 Å². The molecule has 2 rings (SSSR count). The molecule has 0 unspecified atom stereocenters. The number of ether oxygens (including phenoxy) is 1. The Labute approximate surface area is 153 Å². The lowest BCUT2D eigenvalue weighted by atomic mass is 10.0. The molecule has 0 aliphatic carbocycles. The number of pyridine rings is 1. The number of carboxylic acid groups (broad SMARTS) is 1. The van der Waals surface area contributed by atoms with Crippen LogP contribution in [0, 0.1) is 0 Å². The number of carbonyl (C=O) groups is 1. The van der Waals surface area contributed by atoms with Gasteiger partial charge in [-0.2, -0.15) is 0 Å². The fraction of sp³-hybridized carbons (Fsp3) is 0.368. The highest BCUT2D eigenvalue weighted by Gasteiger charge is 2.07. The van der Waals surface area contributed by atoms with E-state index < -0.39 is 5.97 Å². The first-order valence-corrected chi connectivity index (χ1v) is 8.63. The Kier molecular flexibility index (Phi) is 7.70. The second-order valence-electron chi connectivity index (χ2n) is 5.93. The average molecular weight is 358 g/mol. The van der Waals surface area contributed by atoms with E-state index in [2.05, 4.69) is 15.6 Å². The van der Waals surface area contributed by atoms with E-state index in [4.69, 9.17) is 15.6 Å². The summed E-state index contributed by atoms with van der Waals surface area (Å²) < 4.78 is 5.36. The van der Waals surface area contributed by atoms with Crippen molar-refractivity contribution in [1.82, 2.24) is 10.3 Å². The largest absolute Gasteiger partial charge is 0.496 e. The van der Waals surface area contributed by atoms with Crippen LogP contribution in [0.2, 0.25) is 0 Å². The van der Waals surface area contributed by atoms with Gasteiger partial charge in [0.2, 0.25) is 0 Å². The van der Waals surface area contributed by atoms with Gasteiger partial charge in [0.1, 0.15) is 11.6 Å². The number of aliphatic carboxylic acids is 1. The highest BCUT2D eigenvalue weighted by Crippen LogP contribution is 2.20. The van der Waals surface area contributed by atoms with Gasteiger partial charge in [0.25, 0.3) is 0 Å². The van der Waals surface area contributed by atoms with E-state index in [1.54, 1.807) is 19.4 Å². The molecule has 2 aromatic rings. The number of nitrogens with zero attached hydrogens (tertiary/aromatic N) is 1. The minimum Gasteiger partial charge on any atom is -0.496 e. The molecule has 0 spiro atoms. The first-order valence-electron chi connectivity index (χ1n) is 8.63. The zero-order chi connectivity index (χ0) is 18.8. The van der Waals surface area contributed by atoms with Gasteiger partial charge in [-0.3, -0.25) is 4.79 Å². The fourth-order valence-electron chi connectivity index (χ4n) is 2.66. The van der Waals surface area contributed by atoms with Crippen LogP contribution in [0.5, 0.6) is 5.75 Å². The molecule has 0 aliphatic heterocycles. The second-order valence-corrected chi connectivity index (χ2v) is 5.93. The van der Waals surface area contributed by atoms with E-state index in [-0.39, 0.29) is 6.42 Å².